The van der Waals surface area contributed by atoms with E-state index in [1.54, 1.807) is 0 Å². The van der Waals surface area contributed by atoms with Crippen LogP contribution in [-0.2, 0) is 21.7 Å². The maximum atomic E-state index is 6.27. The van der Waals surface area contributed by atoms with Gasteiger partial charge in [0, 0.05) is 21.7 Å². The van der Waals surface area contributed by atoms with Crippen molar-refractivity contribution in [2.45, 2.75) is 132 Å². The van der Waals surface area contributed by atoms with Gasteiger partial charge in [0.1, 0.15) is 29.1 Å². The molecule has 2 unspecified atom stereocenters. The molecule has 0 spiro atoms. The number of aryl methyl sites for hydroxylation is 4. The molecule has 4 aromatic carbocycles. The molecule has 4 rings (SSSR count). The Morgan fingerprint density at radius 3 is 0.896 bits per heavy atom. The van der Waals surface area contributed by atoms with E-state index in [1.165, 1.54) is 55.1 Å². The molecular formula is C44H62O2P2. The smallest absolute Gasteiger partial charge is 0.127 e. The quantitative estimate of drug-likeness (QED) is 0.188. The molecule has 2 nitrogen and oxygen atoms in total. The van der Waals surface area contributed by atoms with Crippen LogP contribution in [-0.4, -0.2) is 0 Å². The van der Waals surface area contributed by atoms with Crippen LogP contribution in [0, 0.1) is 27.7 Å². The number of rotatable bonds is 6. The lowest BCUT2D eigenvalue weighted by Gasteiger charge is -2.29. The Bertz CT molecular complexity index is 1530. The van der Waals surface area contributed by atoms with Crippen LogP contribution in [0.3, 0.4) is 0 Å². The maximum Gasteiger partial charge on any atom is 0.127 e. The normalized spacial score (nSPS) is 12.8. The van der Waals surface area contributed by atoms with Gasteiger partial charge in [0.25, 0.3) is 0 Å². The summed E-state index contributed by atoms with van der Waals surface area (Å²) < 4.78 is 12.5. The monoisotopic (exact) mass is 684 g/mol. The molecule has 0 aromatic heterocycles. The van der Waals surface area contributed by atoms with Crippen molar-refractivity contribution in [3.05, 3.63) is 117 Å². The summed E-state index contributed by atoms with van der Waals surface area (Å²) in [7, 11) is 0.667. The van der Waals surface area contributed by atoms with E-state index in [0.29, 0.717) is 17.6 Å². The first-order valence-electron chi connectivity index (χ1n) is 17.3. The van der Waals surface area contributed by atoms with Crippen LogP contribution < -0.4 is 19.7 Å². The predicted octanol–water partition coefficient (Wildman–Crippen LogP) is 12.4. The van der Waals surface area contributed by atoms with Gasteiger partial charge in [-0.1, -0.05) is 155 Å². The lowest BCUT2D eigenvalue weighted by molar-refractivity contribution is 0.531. The molecule has 0 fully saturated rings. The summed E-state index contributed by atoms with van der Waals surface area (Å²) in [6.45, 7) is 35.8. The van der Waals surface area contributed by atoms with Crippen LogP contribution in [0.25, 0.3) is 0 Å². The molecule has 0 heterocycles. The fourth-order valence-corrected chi connectivity index (χ4v) is 7.19. The molecule has 260 valence electrons. The van der Waals surface area contributed by atoms with Gasteiger partial charge < -0.3 is 9.05 Å². The average molecular weight is 685 g/mol. The van der Waals surface area contributed by atoms with E-state index in [1.807, 2.05) is 0 Å². The number of hydrogen-bond acceptors (Lipinski definition) is 2. The third-order valence-corrected chi connectivity index (χ3v) is 10.3. The summed E-state index contributed by atoms with van der Waals surface area (Å²) in [5.74, 6) is 2.04. The van der Waals surface area contributed by atoms with Crippen molar-refractivity contribution < 1.29 is 9.05 Å². The second-order valence-electron chi connectivity index (χ2n) is 17.5. The first kappa shape index (κ1) is 39.8. The zero-order valence-corrected chi connectivity index (χ0v) is 34.7. The van der Waals surface area contributed by atoms with Crippen molar-refractivity contribution in [3.63, 3.8) is 0 Å². The van der Waals surface area contributed by atoms with E-state index in [9.17, 15) is 0 Å². The van der Waals surface area contributed by atoms with Crippen molar-refractivity contribution in [1.29, 1.82) is 0 Å². The minimum atomic E-state index is 0.0563. The molecule has 2 atom stereocenters. The zero-order chi connectivity index (χ0) is 36.2. The Kier molecular flexibility index (Phi) is 12.8. The van der Waals surface area contributed by atoms with E-state index in [-0.39, 0.29) is 21.7 Å². The molecule has 0 saturated heterocycles. The third kappa shape index (κ3) is 11.2. The molecule has 0 aliphatic carbocycles. The van der Waals surface area contributed by atoms with Gasteiger partial charge in [0.05, 0.1) is 0 Å². The fraction of sp³-hybridized carbons (Fsp3) is 0.455. The topological polar surface area (TPSA) is 18.5 Å². The predicted molar refractivity (Wildman–Crippen MR) is 217 cm³/mol. The van der Waals surface area contributed by atoms with Gasteiger partial charge in [0.2, 0.25) is 0 Å². The van der Waals surface area contributed by atoms with Gasteiger partial charge in [-0.05, 0) is 83.7 Å². The Balaban J connectivity index is 0.000000260. The van der Waals surface area contributed by atoms with E-state index in [0.717, 1.165) is 11.5 Å². The van der Waals surface area contributed by atoms with Gasteiger partial charge in [0.15, 0.2) is 0 Å². The molecule has 0 amide bonds. The SMILES string of the molecule is Cc1ccc(POc2cc(C)c(C(C)(C)C)cc2C(C)(C)C)cc1.Cc1ccc(POc2cc(C)c(C(C)(C)C)cc2C(C)(C)C)cc1. The van der Waals surface area contributed by atoms with E-state index in [2.05, 4.69) is 184 Å². The van der Waals surface area contributed by atoms with Crippen molar-refractivity contribution in [1.82, 2.24) is 0 Å². The highest BCUT2D eigenvalue weighted by Gasteiger charge is 2.26. The van der Waals surface area contributed by atoms with Crippen molar-refractivity contribution in [2.24, 2.45) is 0 Å². The van der Waals surface area contributed by atoms with E-state index >= 15 is 0 Å². The second-order valence-corrected chi connectivity index (χ2v) is 19.4. The highest BCUT2D eigenvalue weighted by molar-refractivity contribution is 7.42. The van der Waals surface area contributed by atoms with Gasteiger partial charge in [-0.2, -0.15) is 0 Å². The van der Waals surface area contributed by atoms with Crippen LogP contribution in [0.2, 0.25) is 0 Å². The Morgan fingerprint density at radius 2 is 0.646 bits per heavy atom. The molecular weight excluding hydrogens is 622 g/mol. The Hall–Kier alpha value is -2.66. The van der Waals surface area contributed by atoms with Crippen molar-refractivity contribution >= 4 is 28.2 Å². The molecule has 48 heavy (non-hydrogen) atoms. The summed E-state index contributed by atoms with van der Waals surface area (Å²) in [5, 5.41) is 2.47. The van der Waals surface area contributed by atoms with E-state index in [4.69, 9.17) is 9.05 Å². The summed E-state index contributed by atoms with van der Waals surface area (Å²) in [5.41, 5.74) is 10.9. The lowest BCUT2D eigenvalue weighted by atomic mass is 9.78. The number of benzene rings is 4. The van der Waals surface area contributed by atoms with Crippen LogP contribution in [0.15, 0.2) is 72.8 Å². The first-order valence-corrected chi connectivity index (χ1v) is 19.1. The first-order chi connectivity index (χ1) is 22.0. The standard InChI is InChI=1S/2C22H31OP/c2*1-15-9-11-17(12-10-15)24-23-20-13-16(2)18(21(3,4)5)14-19(20)22(6,7)8/h2*9-14,24H,1-8H3. The van der Waals surface area contributed by atoms with Gasteiger partial charge >= 0.3 is 0 Å². The Morgan fingerprint density at radius 1 is 0.375 bits per heavy atom. The molecule has 0 aliphatic heterocycles. The Labute approximate surface area is 297 Å². The van der Waals surface area contributed by atoms with Crippen LogP contribution >= 0.6 is 17.6 Å². The van der Waals surface area contributed by atoms with E-state index < -0.39 is 0 Å². The second kappa shape index (κ2) is 15.5. The molecule has 0 N–H and O–H groups in total. The minimum Gasteiger partial charge on any atom is -0.472 e. The molecule has 0 aliphatic rings. The highest BCUT2D eigenvalue weighted by atomic mass is 31.1. The zero-order valence-electron chi connectivity index (χ0n) is 32.7. The van der Waals surface area contributed by atoms with Crippen molar-refractivity contribution in [3.8, 4) is 11.5 Å². The van der Waals surface area contributed by atoms with Crippen LogP contribution in [0.1, 0.15) is 128 Å². The van der Waals surface area contributed by atoms with Gasteiger partial charge in [-0.25, -0.2) is 0 Å². The molecule has 0 saturated carbocycles. The lowest BCUT2D eigenvalue weighted by Crippen LogP contribution is -2.18. The largest absolute Gasteiger partial charge is 0.472 e. The van der Waals surface area contributed by atoms with Crippen LogP contribution in [0.4, 0.5) is 0 Å². The summed E-state index contributed by atoms with van der Waals surface area (Å²) >= 11 is 0. The van der Waals surface area contributed by atoms with Crippen molar-refractivity contribution in [2.75, 3.05) is 0 Å². The number of hydrogen-bond donors (Lipinski definition) is 0. The minimum absolute atomic E-state index is 0.0563. The summed E-state index contributed by atoms with van der Waals surface area (Å²) in [6, 6.07) is 26.3. The third-order valence-electron chi connectivity index (χ3n) is 8.55. The maximum absolute atomic E-state index is 6.27. The highest BCUT2D eigenvalue weighted by Crippen LogP contribution is 2.41. The average Bonchev–Trinajstić information content (AvgIpc) is 2.94. The summed E-state index contributed by atoms with van der Waals surface area (Å²) in [6.07, 6.45) is 0. The van der Waals surface area contributed by atoms with Gasteiger partial charge in [-0.3, -0.25) is 0 Å². The summed E-state index contributed by atoms with van der Waals surface area (Å²) in [4.78, 5) is 0. The fourth-order valence-electron chi connectivity index (χ4n) is 5.79. The molecule has 0 radical (unpaired) electrons. The molecule has 4 aromatic rings. The molecule has 4 heteroatoms. The van der Waals surface area contributed by atoms with Gasteiger partial charge in [-0.15, -0.1) is 0 Å². The molecule has 0 bridgehead atoms. The van der Waals surface area contributed by atoms with Crippen LogP contribution in [0.5, 0.6) is 11.5 Å².